The van der Waals surface area contributed by atoms with Gasteiger partial charge in [-0.3, -0.25) is 0 Å². The minimum absolute atomic E-state index is 0.772. The predicted octanol–water partition coefficient (Wildman–Crippen LogP) is 13.7. The van der Waals surface area contributed by atoms with E-state index in [1.807, 2.05) is 6.07 Å². The number of rotatable bonds is 11. The Hall–Kier alpha value is -6.52. The molecular formula is C50H46N2O2. The highest BCUT2D eigenvalue weighted by Gasteiger charge is 2.16. The standard InChI is InChI=1S/C50H46N2O2/c1-35-7-21-42(22-8-35)51(43-23-9-36(2)10-24-43)46-29-16-39(17-30-46)15-18-41-33-50(54-6)48(34-49(41)53-5)40-19-31-47(32-20-40)52(44-25-11-37(3)12-26-44)45-27-13-38(4)14-28-45/h7-34H,1-6H3. The highest BCUT2D eigenvalue weighted by Crippen LogP contribution is 2.40. The molecule has 7 rings (SSSR count). The SMILES string of the molecule is COc1cc(-c2ccc(N(c3ccc(C)cc3)c3ccc(C)cc3)cc2)c(OC)cc1C=Cc1ccc(N(c2ccc(C)cc2)c2ccc(C)cc2)cc1. The van der Waals surface area contributed by atoms with E-state index in [1.165, 1.54) is 22.3 Å². The first-order valence-corrected chi connectivity index (χ1v) is 18.3. The van der Waals surface area contributed by atoms with E-state index in [1.54, 1.807) is 14.2 Å². The first-order chi connectivity index (χ1) is 26.3. The molecule has 0 radical (unpaired) electrons. The van der Waals surface area contributed by atoms with E-state index in [0.717, 1.165) is 67.9 Å². The summed E-state index contributed by atoms with van der Waals surface area (Å²) in [6, 6.07) is 56.0. The van der Waals surface area contributed by atoms with Gasteiger partial charge in [-0.15, -0.1) is 0 Å². The van der Waals surface area contributed by atoms with Crippen LogP contribution in [0.3, 0.4) is 0 Å². The van der Waals surface area contributed by atoms with E-state index in [2.05, 4.69) is 201 Å². The molecule has 0 saturated heterocycles. The van der Waals surface area contributed by atoms with E-state index < -0.39 is 0 Å². The number of benzene rings is 7. The van der Waals surface area contributed by atoms with Crippen molar-refractivity contribution in [1.29, 1.82) is 0 Å². The van der Waals surface area contributed by atoms with Crippen molar-refractivity contribution >= 4 is 46.3 Å². The molecule has 54 heavy (non-hydrogen) atoms. The Balaban J connectivity index is 1.16. The molecular weight excluding hydrogens is 661 g/mol. The van der Waals surface area contributed by atoms with Crippen molar-refractivity contribution in [2.75, 3.05) is 24.0 Å². The third kappa shape index (κ3) is 7.94. The molecule has 0 amide bonds. The third-order valence-corrected chi connectivity index (χ3v) is 9.76. The maximum absolute atomic E-state index is 5.97. The zero-order chi connectivity index (χ0) is 37.6. The first-order valence-electron chi connectivity index (χ1n) is 18.3. The summed E-state index contributed by atoms with van der Waals surface area (Å²) in [5, 5.41) is 0. The summed E-state index contributed by atoms with van der Waals surface area (Å²) in [5.74, 6) is 1.55. The monoisotopic (exact) mass is 706 g/mol. The Morgan fingerprint density at radius 2 is 0.704 bits per heavy atom. The van der Waals surface area contributed by atoms with Gasteiger partial charge in [-0.2, -0.15) is 0 Å². The van der Waals surface area contributed by atoms with Gasteiger partial charge in [0.1, 0.15) is 11.5 Å². The summed E-state index contributed by atoms with van der Waals surface area (Å²) in [4.78, 5) is 4.57. The Labute approximate surface area is 320 Å². The number of hydrogen-bond acceptors (Lipinski definition) is 4. The van der Waals surface area contributed by atoms with Crippen molar-refractivity contribution in [2.24, 2.45) is 0 Å². The largest absolute Gasteiger partial charge is 0.496 e. The Kier molecular flexibility index (Phi) is 10.6. The van der Waals surface area contributed by atoms with Gasteiger partial charge in [0, 0.05) is 45.3 Å². The number of ether oxygens (including phenoxy) is 2. The topological polar surface area (TPSA) is 24.9 Å². The van der Waals surface area contributed by atoms with E-state index in [0.29, 0.717) is 0 Å². The lowest BCUT2D eigenvalue weighted by molar-refractivity contribution is 0.403. The van der Waals surface area contributed by atoms with Crippen molar-refractivity contribution in [3.63, 3.8) is 0 Å². The normalized spacial score (nSPS) is 11.1. The van der Waals surface area contributed by atoms with Crippen LogP contribution in [0, 0.1) is 27.7 Å². The van der Waals surface area contributed by atoms with Gasteiger partial charge < -0.3 is 19.3 Å². The fourth-order valence-corrected chi connectivity index (χ4v) is 6.66. The summed E-state index contributed by atoms with van der Waals surface area (Å²) in [7, 11) is 3.43. The molecule has 0 atom stereocenters. The van der Waals surface area contributed by atoms with E-state index in [-0.39, 0.29) is 0 Å². The molecule has 0 unspecified atom stereocenters. The Morgan fingerprint density at radius 1 is 0.370 bits per heavy atom. The summed E-state index contributed by atoms with van der Waals surface area (Å²) < 4.78 is 11.9. The van der Waals surface area contributed by atoms with Crippen molar-refractivity contribution in [2.45, 2.75) is 27.7 Å². The van der Waals surface area contributed by atoms with Crippen molar-refractivity contribution in [1.82, 2.24) is 0 Å². The molecule has 0 saturated carbocycles. The van der Waals surface area contributed by atoms with Crippen molar-refractivity contribution in [3.05, 3.63) is 191 Å². The zero-order valence-corrected chi connectivity index (χ0v) is 31.9. The van der Waals surface area contributed by atoms with Crippen molar-refractivity contribution < 1.29 is 9.47 Å². The van der Waals surface area contributed by atoms with Crippen LogP contribution in [0.25, 0.3) is 23.3 Å². The lowest BCUT2D eigenvalue weighted by Crippen LogP contribution is -2.09. The van der Waals surface area contributed by atoms with Crippen LogP contribution in [0.4, 0.5) is 34.1 Å². The summed E-state index contributed by atoms with van der Waals surface area (Å²) in [5.41, 5.74) is 15.6. The van der Waals surface area contributed by atoms with Crippen molar-refractivity contribution in [3.8, 4) is 22.6 Å². The van der Waals surface area contributed by atoms with Gasteiger partial charge in [0.2, 0.25) is 0 Å². The van der Waals surface area contributed by atoms with Crippen LogP contribution in [0.15, 0.2) is 158 Å². The van der Waals surface area contributed by atoms with Gasteiger partial charge in [-0.25, -0.2) is 0 Å². The van der Waals surface area contributed by atoms with Crippen LogP contribution in [-0.2, 0) is 0 Å². The number of methoxy groups -OCH3 is 2. The second-order valence-corrected chi connectivity index (χ2v) is 13.8. The molecule has 0 aliphatic carbocycles. The van der Waals surface area contributed by atoms with Gasteiger partial charge >= 0.3 is 0 Å². The molecule has 0 bridgehead atoms. The van der Waals surface area contributed by atoms with Gasteiger partial charge in [0.15, 0.2) is 0 Å². The second-order valence-electron chi connectivity index (χ2n) is 13.8. The molecule has 0 spiro atoms. The lowest BCUT2D eigenvalue weighted by atomic mass is 10.00. The van der Waals surface area contributed by atoms with Crippen LogP contribution in [0.5, 0.6) is 11.5 Å². The lowest BCUT2D eigenvalue weighted by Gasteiger charge is -2.26. The number of anilines is 6. The third-order valence-electron chi connectivity index (χ3n) is 9.76. The average molecular weight is 707 g/mol. The molecule has 268 valence electrons. The minimum Gasteiger partial charge on any atom is -0.496 e. The van der Waals surface area contributed by atoms with Crippen LogP contribution < -0.4 is 19.3 Å². The number of nitrogens with zero attached hydrogens (tertiary/aromatic N) is 2. The number of aryl methyl sites for hydroxylation is 4. The maximum atomic E-state index is 5.97. The average Bonchev–Trinajstić information content (AvgIpc) is 3.20. The quantitative estimate of drug-likeness (QED) is 0.125. The van der Waals surface area contributed by atoms with Gasteiger partial charge in [-0.05, 0) is 124 Å². The smallest absolute Gasteiger partial charge is 0.127 e. The van der Waals surface area contributed by atoms with Crippen LogP contribution in [0.1, 0.15) is 33.4 Å². The fraction of sp³-hybridized carbons (Fsp3) is 0.120. The zero-order valence-electron chi connectivity index (χ0n) is 31.9. The molecule has 4 nitrogen and oxygen atoms in total. The van der Waals surface area contributed by atoms with E-state index in [9.17, 15) is 0 Å². The van der Waals surface area contributed by atoms with E-state index in [4.69, 9.17) is 9.47 Å². The minimum atomic E-state index is 0.772. The Bertz CT molecular complexity index is 2250. The van der Waals surface area contributed by atoms with Gasteiger partial charge in [0.25, 0.3) is 0 Å². The maximum Gasteiger partial charge on any atom is 0.127 e. The Morgan fingerprint density at radius 3 is 1.06 bits per heavy atom. The predicted molar refractivity (Wildman–Crippen MR) is 229 cm³/mol. The molecule has 0 aromatic heterocycles. The summed E-state index contributed by atoms with van der Waals surface area (Å²) in [6.45, 7) is 8.46. The van der Waals surface area contributed by atoms with Gasteiger partial charge in [-0.1, -0.05) is 107 Å². The molecule has 4 heteroatoms. The first kappa shape index (κ1) is 35.9. The van der Waals surface area contributed by atoms with Crippen LogP contribution in [0.2, 0.25) is 0 Å². The van der Waals surface area contributed by atoms with Gasteiger partial charge in [0.05, 0.1) is 14.2 Å². The number of hydrogen-bond donors (Lipinski definition) is 0. The second kappa shape index (κ2) is 16.0. The highest BCUT2D eigenvalue weighted by molar-refractivity contribution is 5.83. The molecule has 0 heterocycles. The summed E-state index contributed by atoms with van der Waals surface area (Å²) >= 11 is 0. The fourth-order valence-electron chi connectivity index (χ4n) is 6.66. The molecule has 0 aliphatic heterocycles. The van der Waals surface area contributed by atoms with Crippen LogP contribution >= 0.6 is 0 Å². The molecule has 0 aliphatic rings. The molecule has 7 aromatic carbocycles. The molecule has 0 N–H and O–H groups in total. The van der Waals surface area contributed by atoms with Crippen LogP contribution in [-0.4, -0.2) is 14.2 Å². The molecule has 7 aromatic rings. The summed E-state index contributed by atoms with van der Waals surface area (Å²) in [6.07, 6.45) is 4.20. The highest BCUT2D eigenvalue weighted by atomic mass is 16.5. The molecule has 0 fully saturated rings. The van der Waals surface area contributed by atoms with E-state index >= 15 is 0 Å².